The van der Waals surface area contributed by atoms with Crippen LogP contribution in [0, 0.1) is 0 Å². The van der Waals surface area contributed by atoms with Gasteiger partial charge in [0.05, 0.1) is 18.2 Å². The van der Waals surface area contributed by atoms with E-state index in [0.717, 1.165) is 11.3 Å². The number of aromatic nitrogens is 1. The lowest BCUT2D eigenvalue weighted by atomic mass is 10.0. The van der Waals surface area contributed by atoms with Crippen molar-refractivity contribution in [3.63, 3.8) is 0 Å². The van der Waals surface area contributed by atoms with E-state index >= 15 is 0 Å². The molecule has 0 saturated heterocycles. The quantitative estimate of drug-likeness (QED) is 0.797. The van der Waals surface area contributed by atoms with Crippen LogP contribution in [0.2, 0.25) is 0 Å². The van der Waals surface area contributed by atoms with E-state index in [0.29, 0.717) is 24.1 Å². The second-order valence-electron chi connectivity index (χ2n) is 6.12. The number of ether oxygens (including phenoxy) is 1. The summed E-state index contributed by atoms with van der Waals surface area (Å²) in [4.78, 5) is 24.9. The van der Waals surface area contributed by atoms with E-state index in [2.05, 4.69) is 5.32 Å². The average Bonchev–Trinajstić information content (AvgIpc) is 2.97. The molecule has 1 aliphatic heterocycles. The monoisotopic (exact) mass is 338 g/mol. The number of benzene rings is 2. The highest BCUT2D eigenvalue weighted by molar-refractivity contribution is 5.83. The molecule has 2 atom stereocenters. The van der Waals surface area contributed by atoms with Gasteiger partial charge in [-0.25, -0.2) is 4.79 Å². The lowest BCUT2D eigenvalue weighted by molar-refractivity contribution is -0.124. The van der Waals surface area contributed by atoms with Gasteiger partial charge in [-0.1, -0.05) is 30.3 Å². The van der Waals surface area contributed by atoms with Gasteiger partial charge in [0, 0.05) is 12.0 Å². The number of para-hydroxylation sites is 3. The number of hydrogen-bond donors (Lipinski definition) is 1. The summed E-state index contributed by atoms with van der Waals surface area (Å²) >= 11 is 0. The lowest BCUT2D eigenvalue weighted by Gasteiger charge is -2.27. The van der Waals surface area contributed by atoms with Gasteiger partial charge in [-0.15, -0.1) is 0 Å². The minimum atomic E-state index is -0.675. The molecule has 0 spiro atoms. The maximum atomic E-state index is 12.8. The second-order valence-corrected chi connectivity index (χ2v) is 6.12. The molecular formula is C19H18N2O4. The first-order chi connectivity index (χ1) is 12.1. The Hall–Kier alpha value is -3.02. The molecule has 1 aromatic heterocycles. The minimum absolute atomic E-state index is 0.131. The summed E-state index contributed by atoms with van der Waals surface area (Å²) in [6, 6.07) is 14.0. The molecule has 0 aliphatic carbocycles. The minimum Gasteiger partial charge on any atom is -0.493 e. The highest BCUT2D eigenvalue weighted by Crippen LogP contribution is 2.32. The van der Waals surface area contributed by atoms with Gasteiger partial charge in [0.25, 0.3) is 0 Å². The van der Waals surface area contributed by atoms with E-state index < -0.39 is 11.8 Å². The van der Waals surface area contributed by atoms with Gasteiger partial charge >= 0.3 is 5.76 Å². The summed E-state index contributed by atoms with van der Waals surface area (Å²) in [5.41, 5.74) is 2.05. The number of oxazole rings is 1. The molecule has 25 heavy (non-hydrogen) atoms. The van der Waals surface area contributed by atoms with Crippen LogP contribution in [0.3, 0.4) is 0 Å². The average molecular weight is 338 g/mol. The number of fused-ring (bicyclic) bond motifs is 2. The van der Waals surface area contributed by atoms with Crippen LogP contribution in [-0.2, 0) is 4.79 Å². The van der Waals surface area contributed by atoms with Crippen LogP contribution >= 0.6 is 0 Å². The van der Waals surface area contributed by atoms with Gasteiger partial charge in [0.15, 0.2) is 5.58 Å². The first-order valence-electron chi connectivity index (χ1n) is 8.27. The second kappa shape index (κ2) is 6.12. The molecule has 1 amide bonds. The predicted molar refractivity (Wildman–Crippen MR) is 92.6 cm³/mol. The molecule has 0 fully saturated rings. The Bertz CT molecular complexity index is 988. The van der Waals surface area contributed by atoms with E-state index in [1.807, 2.05) is 30.3 Å². The Balaban J connectivity index is 1.61. The van der Waals surface area contributed by atoms with E-state index in [4.69, 9.17) is 9.15 Å². The molecule has 6 heteroatoms. The number of carbonyl (C=O) groups is 1. The molecule has 128 valence electrons. The topological polar surface area (TPSA) is 73.5 Å². The van der Waals surface area contributed by atoms with Crippen LogP contribution in [0.15, 0.2) is 57.7 Å². The van der Waals surface area contributed by atoms with Crippen molar-refractivity contribution in [2.75, 3.05) is 6.61 Å². The molecular weight excluding hydrogens is 320 g/mol. The van der Waals surface area contributed by atoms with Crippen LogP contribution in [0.4, 0.5) is 0 Å². The van der Waals surface area contributed by atoms with Gasteiger partial charge in [-0.3, -0.25) is 9.36 Å². The highest BCUT2D eigenvalue weighted by Gasteiger charge is 2.27. The van der Waals surface area contributed by atoms with Crippen molar-refractivity contribution in [2.24, 2.45) is 0 Å². The van der Waals surface area contributed by atoms with Gasteiger partial charge in [0.2, 0.25) is 5.91 Å². The molecule has 0 saturated carbocycles. The smallest absolute Gasteiger partial charge is 0.420 e. The van der Waals surface area contributed by atoms with Crippen molar-refractivity contribution < 1.29 is 13.9 Å². The predicted octanol–water partition coefficient (Wildman–Crippen LogP) is 2.80. The number of hydrogen-bond acceptors (Lipinski definition) is 4. The molecule has 2 heterocycles. The van der Waals surface area contributed by atoms with Gasteiger partial charge in [-0.05, 0) is 25.1 Å². The Morgan fingerprint density at radius 3 is 2.84 bits per heavy atom. The van der Waals surface area contributed by atoms with Crippen LogP contribution in [0.5, 0.6) is 5.75 Å². The van der Waals surface area contributed by atoms with E-state index in [1.54, 1.807) is 25.1 Å². The third-order valence-electron chi connectivity index (χ3n) is 4.56. The summed E-state index contributed by atoms with van der Waals surface area (Å²) in [6.45, 7) is 2.24. The molecule has 3 aromatic rings. The first-order valence-corrected chi connectivity index (χ1v) is 8.27. The van der Waals surface area contributed by atoms with Crippen molar-refractivity contribution in [1.82, 2.24) is 9.88 Å². The number of carbonyl (C=O) groups excluding carboxylic acids is 1. The Kier molecular flexibility index (Phi) is 3.80. The van der Waals surface area contributed by atoms with E-state index in [1.165, 1.54) is 4.57 Å². The molecule has 1 N–H and O–H groups in total. The zero-order chi connectivity index (χ0) is 17.4. The maximum Gasteiger partial charge on any atom is 0.420 e. The fourth-order valence-corrected chi connectivity index (χ4v) is 3.25. The maximum absolute atomic E-state index is 12.8. The summed E-state index contributed by atoms with van der Waals surface area (Å²) in [6.07, 6.45) is 0.691. The Morgan fingerprint density at radius 2 is 1.96 bits per heavy atom. The van der Waals surface area contributed by atoms with Crippen LogP contribution in [-0.4, -0.2) is 17.1 Å². The van der Waals surface area contributed by atoms with Crippen LogP contribution in [0.25, 0.3) is 11.1 Å². The normalized spacial score (nSPS) is 17.6. The lowest BCUT2D eigenvalue weighted by Crippen LogP contribution is -2.38. The standard InChI is InChI=1S/C19H18N2O4/c1-12(21-15-7-3-5-9-17(15)25-19(21)23)18(22)20-14-10-11-24-16-8-4-2-6-13(14)16/h2-9,12,14H,10-11H2,1H3,(H,20,22). The Labute approximate surface area is 144 Å². The van der Waals surface area contributed by atoms with Crippen LogP contribution in [0.1, 0.15) is 31.0 Å². The summed E-state index contributed by atoms with van der Waals surface area (Å²) in [7, 11) is 0. The van der Waals surface area contributed by atoms with Crippen molar-refractivity contribution in [3.8, 4) is 5.75 Å². The fourth-order valence-electron chi connectivity index (χ4n) is 3.25. The van der Waals surface area contributed by atoms with Crippen molar-refractivity contribution in [1.29, 1.82) is 0 Å². The number of nitrogens with zero attached hydrogens (tertiary/aromatic N) is 1. The Morgan fingerprint density at radius 1 is 1.20 bits per heavy atom. The fraction of sp³-hybridized carbons (Fsp3) is 0.263. The van der Waals surface area contributed by atoms with Gasteiger partial charge in [0.1, 0.15) is 11.8 Å². The zero-order valence-corrected chi connectivity index (χ0v) is 13.8. The summed E-state index contributed by atoms with van der Waals surface area (Å²) in [5, 5.41) is 3.03. The number of nitrogens with one attached hydrogen (secondary N) is 1. The van der Waals surface area contributed by atoms with E-state index in [9.17, 15) is 9.59 Å². The van der Waals surface area contributed by atoms with E-state index in [-0.39, 0.29) is 11.9 Å². The summed E-state index contributed by atoms with van der Waals surface area (Å²) < 4.78 is 12.2. The largest absolute Gasteiger partial charge is 0.493 e. The third-order valence-corrected chi connectivity index (χ3v) is 4.56. The first kappa shape index (κ1) is 15.5. The molecule has 2 aromatic carbocycles. The molecule has 6 nitrogen and oxygen atoms in total. The molecule has 4 rings (SSSR count). The van der Waals surface area contributed by atoms with Crippen molar-refractivity contribution >= 4 is 17.0 Å². The third kappa shape index (κ3) is 2.69. The SMILES string of the molecule is CC(C(=O)NC1CCOc2ccccc21)n1c(=O)oc2ccccc21. The van der Waals surface area contributed by atoms with Crippen molar-refractivity contribution in [3.05, 3.63) is 64.6 Å². The molecule has 0 bridgehead atoms. The zero-order valence-electron chi connectivity index (χ0n) is 13.8. The number of rotatable bonds is 3. The van der Waals surface area contributed by atoms with Gasteiger partial charge in [-0.2, -0.15) is 0 Å². The highest BCUT2D eigenvalue weighted by atomic mass is 16.5. The molecule has 0 radical (unpaired) electrons. The van der Waals surface area contributed by atoms with Crippen molar-refractivity contribution in [2.45, 2.75) is 25.4 Å². The van der Waals surface area contributed by atoms with Gasteiger partial charge < -0.3 is 14.5 Å². The summed E-state index contributed by atoms with van der Waals surface area (Å²) in [5.74, 6) is 0.0317. The number of amides is 1. The molecule has 2 unspecified atom stereocenters. The van der Waals surface area contributed by atoms with Crippen LogP contribution < -0.4 is 15.8 Å². The molecule has 1 aliphatic rings.